The van der Waals surface area contributed by atoms with Crippen LogP contribution in [0.15, 0.2) is 18.2 Å². The summed E-state index contributed by atoms with van der Waals surface area (Å²) in [5.41, 5.74) is -0.0470. The summed E-state index contributed by atoms with van der Waals surface area (Å²) in [7, 11) is 0. The summed E-state index contributed by atoms with van der Waals surface area (Å²) in [4.78, 5) is 50.2. The molecule has 188 valence electrons. The molecule has 7 nitrogen and oxygen atoms in total. The van der Waals surface area contributed by atoms with Crippen LogP contribution >= 0.6 is 0 Å². The highest BCUT2D eigenvalue weighted by Crippen LogP contribution is 2.61. The highest BCUT2D eigenvalue weighted by molar-refractivity contribution is 6.06. The Balaban J connectivity index is 1.40. The number of amides is 3. The molecule has 2 heterocycles. The third kappa shape index (κ3) is 4.43. The van der Waals surface area contributed by atoms with Gasteiger partial charge in [-0.2, -0.15) is 13.2 Å². The minimum atomic E-state index is -4.28. The maximum absolute atomic E-state index is 13.8. The second kappa shape index (κ2) is 8.64. The zero-order valence-electron chi connectivity index (χ0n) is 19.2. The van der Waals surface area contributed by atoms with Gasteiger partial charge in [0.05, 0.1) is 5.41 Å². The van der Waals surface area contributed by atoms with Crippen molar-refractivity contribution in [2.45, 2.75) is 82.6 Å². The number of imide groups is 1. The first-order valence-corrected chi connectivity index (χ1v) is 12.2. The van der Waals surface area contributed by atoms with Crippen LogP contribution in [0.1, 0.15) is 73.7 Å². The van der Waals surface area contributed by atoms with Crippen LogP contribution in [-0.2, 0) is 20.9 Å². The van der Waals surface area contributed by atoms with Crippen molar-refractivity contribution in [2.75, 3.05) is 5.32 Å². The summed E-state index contributed by atoms with van der Waals surface area (Å²) < 4.78 is 41.5. The van der Waals surface area contributed by atoms with Gasteiger partial charge in [0.2, 0.25) is 11.8 Å². The monoisotopic (exact) mass is 491 g/mol. The smallest absolute Gasteiger partial charge is 0.382 e. The van der Waals surface area contributed by atoms with E-state index >= 15 is 0 Å². The van der Waals surface area contributed by atoms with Crippen molar-refractivity contribution in [1.29, 1.82) is 0 Å². The van der Waals surface area contributed by atoms with Crippen molar-refractivity contribution < 1.29 is 32.3 Å². The number of alkyl halides is 3. The number of rotatable bonds is 6. The largest absolute Gasteiger partial charge is 0.394 e. The Labute approximate surface area is 200 Å². The average Bonchev–Trinajstić information content (AvgIpc) is 3.52. The maximum Gasteiger partial charge on any atom is 0.394 e. The topological polar surface area (TPSA) is 95.6 Å². The molecule has 1 aromatic rings. The number of carbonyl (C=O) groups excluding carboxylic acids is 4. The van der Waals surface area contributed by atoms with Gasteiger partial charge in [0.15, 0.2) is 0 Å². The van der Waals surface area contributed by atoms with E-state index < -0.39 is 29.6 Å². The van der Waals surface area contributed by atoms with E-state index in [0.29, 0.717) is 42.5 Å². The normalized spacial score (nSPS) is 25.3. The third-order valence-electron chi connectivity index (χ3n) is 8.15. The molecule has 2 aliphatic heterocycles. The van der Waals surface area contributed by atoms with E-state index in [0.717, 1.165) is 0 Å². The third-order valence-corrected chi connectivity index (χ3v) is 8.15. The molecule has 1 saturated heterocycles. The molecule has 5 rings (SSSR count). The number of nitrogens with zero attached hydrogens (tertiary/aromatic N) is 1. The van der Waals surface area contributed by atoms with Gasteiger partial charge < -0.3 is 10.2 Å². The number of ketones is 1. The van der Waals surface area contributed by atoms with Gasteiger partial charge in [-0.1, -0.05) is 6.07 Å². The van der Waals surface area contributed by atoms with Crippen LogP contribution in [0.3, 0.4) is 0 Å². The van der Waals surface area contributed by atoms with Gasteiger partial charge >= 0.3 is 6.18 Å². The molecule has 4 aliphatic rings. The minimum Gasteiger partial charge on any atom is -0.382 e. The second-order valence-corrected chi connectivity index (χ2v) is 10.3. The molecule has 2 atom stereocenters. The number of hydrogen-bond acceptors (Lipinski definition) is 5. The highest BCUT2D eigenvalue weighted by Gasteiger charge is 2.63. The molecular weight excluding hydrogens is 463 g/mol. The Morgan fingerprint density at radius 1 is 1.06 bits per heavy atom. The van der Waals surface area contributed by atoms with E-state index in [-0.39, 0.29) is 62.2 Å². The summed E-state index contributed by atoms with van der Waals surface area (Å²) in [6.07, 6.45) is -1.93. The van der Waals surface area contributed by atoms with Gasteiger partial charge in [0.25, 0.3) is 5.91 Å². The van der Waals surface area contributed by atoms with Gasteiger partial charge in [0.1, 0.15) is 11.8 Å². The summed E-state index contributed by atoms with van der Waals surface area (Å²) in [5, 5.41) is 5.62. The molecule has 10 heteroatoms. The maximum atomic E-state index is 13.8. The molecule has 0 aromatic heterocycles. The number of halogens is 3. The Morgan fingerprint density at radius 3 is 2.40 bits per heavy atom. The molecule has 2 aliphatic carbocycles. The Kier molecular flexibility index (Phi) is 5.88. The van der Waals surface area contributed by atoms with Crippen molar-refractivity contribution in [3.8, 4) is 0 Å². The summed E-state index contributed by atoms with van der Waals surface area (Å²) in [6, 6.07) is 3.85. The first-order valence-electron chi connectivity index (χ1n) is 12.2. The fraction of sp³-hybridized carbons (Fsp3) is 0.600. The first kappa shape index (κ1) is 23.8. The molecule has 2 N–H and O–H groups in total. The molecule has 0 radical (unpaired) electrons. The van der Waals surface area contributed by atoms with E-state index in [1.165, 1.54) is 4.90 Å². The van der Waals surface area contributed by atoms with Crippen LogP contribution in [-0.4, -0.2) is 46.7 Å². The molecule has 35 heavy (non-hydrogen) atoms. The SMILES string of the molecule is O=C1CCC(C(CC2(C(F)(F)F)CC2)Nc2cccc3c2CN(C2CCC(=O)NC2=O)C3=O)CC1. The second-order valence-electron chi connectivity index (χ2n) is 10.3. The van der Waals surface area contributed by atoms with Crippen molar-refractivity contribution >= 4 is 29.2 Å². The number of piperidine rings is 1. The van der Waals surface area contributed by atoms with Crippen LogP contribution in [0.5, 0.6) is 0 Å². The predicted octanol–water partition coefficient (Wildman–Crippen LogP) is 3.72. The van der Waals surface area contributed by atoms with Crippen LogP contribution < -0.4 is 10.6 Å². The molecule has 0 bridgehead atoms. The molecule has 1 aromatic carbocycles. The number of benzene rings is 1. The number of carbonyl (C=O) groups is 4. The molecule has 3 amide bonds. The summed E-state index contributed by atoms with van der Waals surface area (Å²) >= 11 is 0. The van der Waals surface area contributed by atoms with Crippen molar-refractivity contribution in [3.05, 3.63) is 29.3 Å². The number of anilines is 1. The van der Waals surface area contributed by atoms with E-state index in [2.05, 4.69) is 10.6 Å². The molecular formula is C25H28F3N3O4. The number of hydrogen-bond donors (Lipinski definition) is 2. The Bertz CT molecular complexity index is 1070. The van der Waals surface area contributed by atoms with Crippen LogP contribution in [0, 0.1) is 11.3 Å². The lowest BCUT2D eigenvalue weighted by molar-refractivity contribution is -0.190. The van der Waals surface area contributed by atoms with Crippen molar-refractivity contribution in [2.24, 2.45) is 11.3 Å². The van der Waals surface area contributed by atoms with E-state index in [9.17, 15) is 32.3 Å². The lowest BCUT2D eigenvalue weighted by Gasteiger charge is -2.35. The number of Topliss-reactive ketones (excluding diaryl/α,β-unsaturated/α-hetero) is 1. The van der Waals surface area contributed by atoms with Crippen molar-refractivity contribution in [3.63, 3.8) is 0 Å². The van der Waals surface area contributed by atoms with E-state index in [1.807, 2.05) is 0 Å². The van der Waals surface area contributed by atoms with Gasteiger partial charge in [-0.15, -0.1) is 0 Å². The first-order chi connectivity index (χ1) is 16.6. The standard InChI is InChI=1S/C25H28F3N3O4/c26-25(27,28)24(10-11-24)12-19(14-4-6-15(32)7-5-14)29-18-3-1-2-16-17(18)13-31(23(16)35)20-8-9-21(33)30-22(20)34/h1-3,14,19-20,29H,4-13H2,(H,30,33,34). The predicted molar refractivity (Wildman–Crippen MR) is 119 cm³/mol. The van der Waals surface area contributed by atoms with Crippen LogP contribution in [0.4, 0.5) is 18.9 Å². The zero-order valence-corrected chi connectivity index (χ0v) is 19.2. The minimum absolute atomic E-state index is 0.0656. The van der Waals surface area contributed by atoms with Crippen LogP contribution in [0.2, 0.25) is 0 Å². The lowest BCUT2D eigenvalue weighted by atomic mass is 9.78. The average molecular weight is 492 g/mol. The molecule has 0 spiro atoms. The summed E-state index contributed by atoms with van der Waals surface area (Å²) in [6.45, 7) is 0.143. The molecule has 2 unspecified atom stereocenters. The fourth-order valence-electron chi connectivity index (χ4n) is 5.80. The number of nitrogens with one attached hydrogen (secondary N) is 2. The van der Waals surface area contributed by atoms with Gasteiger partial charge in [-0.25, -0.2) is 0 Å². The van der Waals surface area contributed by atoms with Crippen LogP contribution in [0.25, 0.3) is 0 Å². The van der Waals surface area contributed by atoms with Gasteiger partial charge in [0, 0.05) is 48.7 Å². The Morgan fingerprint density at radius 2 is 1.77 bits per heavy atom. The molecule has 2 saturated carbocycles. The lowest BCUT2D eigenvalue weighted by Crippen LogP contribution is -2.52. The quantitative estimate of drug-likeness (QED) is 0.592. The Hall–Kier alpha value is -2.91. The van der Waals surface area contributed by atoms with Crippen molar-refractivity contribution in [1.82, 2.24) is 10.2 Å². The number of fused-ring (bicyclic) bond motifs is 1. The van der Waals surface area contributed by atoms with Gasteiger partial charge in [-0.3, -0.25) is 24.5 Å². The summed E-state index contributed by atoms with van der Waals surface area (Å²) in [5.74, 6) is -1.14. The molecule has 3 fully saturated rings. The fourth-order valence-corrected chi connectivity index (χ4v) is 5.80. The van der Waals surface area contributed by atoms with Gasteiger partial charge in [-0.05, 0) is 56.6 Å². The van der Waals surface area contributed by atoms with E-state index in [1.54, 1.807) is 18.2 Å². The highest BCUT2D eigenvalue weighted by atomic mass is 19.4. The van der Waals surface area contributed by atoms with E-state index in [4.69, 9.17) is 0 Å². The zero-order chi connectivity index (χ0) is 25.0.